The molecule has 0 bridgehead atoms. The average Bonchev–Trinajstić information content (AvgIpc) is 2.04. The second-order valence-corrected chi connectivity index (χ2v) is 3.42. The average molecular weight is 171 g/mol. The SMILES string of the molecule is CC1CNCCN1C(=O)N(C)C. The summed E-state index contributed by atoms with van der Waals surface area (Å²) in [5.41, 5.74) is 0. The molecule has 1 rings (SSSR count). The van der Waals surface area contributed by atoms with Crippen molar-refractivity contribution in [1.29, 1.82) is 0 Å². The number of nitrogens with zero attached hydrogens (tertiary/aromatic N) is 2. The molecule has 0 aliphatic carbocycles. The highest BCUT2D eigenvalue weighted by Gasteiger charge is 2.23. The fraction of sp³-hybridized carbons (Fsp3) is 0.875. The molecule has 12 heavy (non-hydrogen) atoms. The van der Waals surface area contributed by atoms with Gasteiger partial charge >= 0.3 is 6.03 Å². The number of urea groups is 1. The van der Waals surface area contributed by atoms with Crippen molar-refractivity contribution in [2.24, 2.45) is 0 Å². The standard InChI is InChI=1S/C8H17N3O/c1-7-6-9-4-5-11(7)8(12)10(2)3/h7,9H,4-6H2,1-3H3. The monoisotopic (exact) mass is 171 g/mol. The Morgan fingerprint density at radius 2 is 2.25 bits per heavy atom. The lowest BCUT2D eigenvalue weighted by Crippen LogP contribution is -2.54. The molecular formula is C8H17N3O. The van der Waals surface area contributed by atoms with Crippen LogP contribution in [0.1, 0.15) is 6.92 Å². The second kappa shape index (κ2) is 3.76. The van der Waals surface area contributed by atoms with Gasteiger partial charge in [0.1, 0.15) is 0 Å². The number of carbonyl (C=O) groups excluding carboxylic acids is 1. The van der Waals surface area contributed by atoms with Crippen molar-refractivity contribution < 1.29 is 4.79 Å². The van der Waals surface area contributed by atoms with Gasteiger partial charge in [-0.3, -0.25) is 0 Å². The molecule has 1 unspecified atom stereocenters. The molecule has 1 N–H and O–H groups in total. The number of rotatable bonds is 0. The van der Waals surface area contributed by atoms with E-state index in [1.54, 1.807) is 19.0 Å². The molecule has 2 amide bonds. The summed E-state index contributed by atoms with van der Waals surface area (Å²) in [6.07, 6.45) is 0. The van der Waals surface area contributed by atoms with E-state index in [0.29, 0.717) is 6.04 Å². The normalized spacial score (nSPS) is 23.9. The highest BCUT2D eigenvalue weighted by atomic mass is 16.2. The van der Waals surface area contributed by atoms with Crippen molar-refractivity contribution in [2.75, 3.05) is 33.7 Å². The quantitative estimate of drug-likeness (QED) is 0.555. The maximum Gasteiger partial charge on any atom is 0.319 e. The van der Waals surface area contributed by atoms with Gasteiger partial charge in [-0.1, -0.05) is 0 Å². The van der Waals surface area contributed by atoms with Gasteiger partial charge in [0.25, 0.3) is 0 Å². The van der Waals surface area contributed by atoms with E-state index in [4.69, 9.17) is 0 Å². The van der Waals surface area contributed by atoms with E-state index < -0.39 is 0 Å². The molecule has 1 atom stereocenters. The lowest BCUT2D eigenvalue weighted by molar-refractivity contribution is 0.141. The summed E-state index contributed by atoms with van der Waals surface area (Å²) in [4.78, 5) is 15.1. The molecular weight excluding hydrogens is 154 g/mol. The van der Waals surface area contributed by atoms with Crippen LogP contribution in [0.15, 0.2) is 0 Å². The predicted octanol–water partition coefficient (Wildman–Crippen LogP) is -0.0383. The first-order valence-electron chi connectivity index (χ1n) is 4.31. The molecule has 0 aromatic rings. The van der Waals surface area contributed by atoms with Crippen LogP contribution >= 0.6 is 0 Å². The first-order chi connectivity index (χ1) is 5.63. The lowest BCUT2D eigenvalue weighted by Gasteiger charge is -2.35. The first kappa shape index (κ1) is 9.32. The van der Waals surface area contributed by atoms with Crippen LogP contribution in [0.5, 0.6) is 0 Å². The van der Waals surface area contributed by atoms with Gasteiger partial charge in [-0.05, 0) is 6.92 Å². The minimum absolute atomic E-state index is 0.115. The maximum atomic E-state index is 11.5. The molecule has 1 saturated heterocycles. The van der Waals surface area contributed by atoms with Crippen LogP contribution < -0.4 is 5.32 Å². The fourth-order valence-electron chi connectivity index (χ4n) is 1.38. The van der Waals surface area contributed by atoms with E-state index in [1.165, 1.54) is 0 Å². The van der Waals surface area contributed by atoms with Gasteiger partial charge in [-0.2, -0.15) is 0 Å². The summed E-state index contributed by atoms with van der Waals surface area (Å²) in [6.45, 7) is 4.69. The van der Waals surface area contributed by atoms with Crippen molar-refractivity contribution >= 4 is 6.03 Å². The van der Waals surface area contributed by atoms with Crippen molar-refractivity contribution in [3.8, 4) is 0 Å². The van der Waals surface area contributed by atoms with E-state index in [-0.39, 0.29) is 6.03 Å². The maximum absolute atomic E-state index is 11.5. The van der Waals surface area contributed by atoms with Crippen LogP contribution in [0.4, 0.5) is 4.79 Å². The van der Waals surface area contributed by atoms with Gasteiger partial charge in [0.05, 0.1) is 0 Å². The Kier molecular flexibility index (Phi) is 2.92. The van der Waals surface area contributed by atoms with Crippen LogP contribution in [0.25, 0.3) is 0 Å². The summed E-state index contributed by atoms with van der Waals surface area (Å²) in [5, 5.41) is 3.25. The molecule has 0 aromatic carbocycles. The molecule has 1 fully saturated rings. The van der Waals surface area contributed by atoms with Gasteiger partial charge in [-0.15, -0.1) is 0 Å². The van der Waals surface area contributed by atoms with Crippen LogP contribution in [0.2, 0.25) is 0 Å². The zero-order valence-electron chi connectivity index (χ0n) is 8.00. The van der Waals surface area contributed by atoms with Gasteiger partial charge in [0, 0.05) is 39.8 Å². The predicted molar refractivity (Wildman–Crippen MR) is 48.1 cm³/mol. The van der Waals surface area contributed by atoms with Crippen molar-refractivity contribution in [3.05, 3.63) is 0 Å². The Balaban J connectivity index is 2.53. The Labute approximate surface area is 73.5 Å². The Morgan fingerprint density at radius 1 is 1.58 bits per heavy atom. The van der Waals surface area contributed by atoms with Gasteiger partial charge in [-0.25, -0.2) is 4.79 Å². The van der Waals surface area contributed by atoms with Crippen molar-refractivity contribution in [1.82, 2.24) is 15.1 Å². The summed E-state index contributed by atoms with van der Waals surface area (Å²) >= 11 is 0. The number of hydrogen-bond donors (Lipinski definition) is 1. The number of piperazine rings is 1. The van der Waals surface area contributed by atoms with Crippen molar-refractivity contribution in [3.63, 3.8) is 0 Å². The third-order valence-corrected chi connectivity index (χ3v) is 2.13. The molecule has 1 aliphatic heterocycles. The molecule has 70 valence electrons. The van der Waals surface area contributed by atoms with Crippen LogP contribution in [0.3, 0.4) is 0 Å². The van der Waals surface area contributed by atoms with Crippen LogP contribution in [0, 0.1) is 0 Å². The largest absolute Gasteiger partial charge is 0.331 e. The zero-order chi connectivity index (χ0) is 9.14. The number of hydrogen-bond acceptors (Lipinski definition) is 2. The molecule has 0 spiro atoms. The highest BCUT2D eigenvalue weighted by molar-refractivity contribution is 5.74. The van der Waals surface area contributed by atoms with E-state index in [1.807, 2.05) is 4.90 Å². The summed E-state index contributed by atoms with van der Waals surface area (Å²) in [7, 11) is 3.58. The van der Waals surface area contributed by atoms with Gasteiger partial charge in [0.2, 0.25) is 0 Å². The third kappa shape index (κ3) is 1.88. The Bertz CT molecular complexity index is 170. The van der Waals surface area contributed by atoms with Gasteiger partial charge < -0.3 is 15.1 Å². The third-order valence-electron chi connectivity index (χ3n) is 2.13. The number of carbonyl (C=O) groups is 1. The minimum Gasteiger partial charge on any atom is -0.331 e. The Morgan fingerprint density at radius 3 is 2.75 bits per heavy atom. The first-order valence-corrected chi connectivity index (χ1v) is 4.31. The molecule has 1 heterocycles. The molecule has 4 nitrogen and oxygen atoms in total. The smallest absolute Gasteiger partial charge is 0.319 e. The Hall–Kier alpha value is -0.770. The van der Waals surface area contributed by atoms with E-state index in [9.17, 15) is 4.79 Å². The van der Waals surface area contributed by atoms with E-state index in [2.05, 4.69) is 12.2 Å². The highest BCUT2D eigenvalue weighted by Crippen LogP contribution is 2.04. The molecule has 1 aliphatic rings. The number of nitrogens with one attached hydrogen (secondary N) is 1. The van der Waals surface area contributed by atoms with E-state index in [0.717, 1.165) is 19.6 Å². The molecule has 0 radical (unpaired) electrons. The van der Waals surface area contributed by atoms with Crippen LogP contribution in [-0.4, -0.2) is 55.6 Å². The fourth-order valence-corrected chi connectivity index (χ4v) is 1.38. The molecule has 0 saturated carbocycles. The minimum atomic E-state index is 0.115. The molecule has 0 aromatic heterocycles. The van der Waals surface area contributed by atoms with E-state index >= 15 is 0 Å². The second-order valence-electron chi connectivity index (χ2n) is 3.42. The summed E-state index contributed by atoms with van der Waals surface area (Å²) in [6, 6.07) is 0.428. The lowest BCUT2D eigenvalue weighted by atomic mass is 10.2. The van der Waals surface area contributed by atoms with Crippen molar-refractivity contribution in [2.45, 2.75) is 13.0 Å². The topological polar surface area (TPSA) is 35.6 Å². The summed E-state index contributed by atoms with van der Waals surface area (Å²) < 4.78 is 0. The van der Waals surface area contributed by atoms with Crippen LogP contribution in [-0.2, 0) is 0 Å². The number of amides is 2. The zero-order valence-corrected chi connectivity index (χ0v) is 8.00. The summed E-state index contributed by atoms with van der Waals surface area (Å²) in [5.74, 6) is 0. The molecule has 4 heteroatoms. The van der Waals surface area contributed by atoms with Gasteiger partial charge in [0.15, 0.2) is 0 Å².